The Hall–Kier alpha value is -3.33. The summed E-state index contributed by atoms with van der Waals surface area (Å²) in [6.07, 6.45) is 3.68. The lowest BCUT2D eigenvalue weighted by Crippen LogP contribution is -2.39. The average Bonchev–Trinajstić information content (AvgIpc) is 3.47. The number of carbonyl (C=O) groups excluding carboxylic acids is 1. The van der Waals surface area contributed by atoms with Gasteiger partial charge in [-0.05, 0) is 55.1 Å². The van der Waals surface area contributed by atoms with E-state index >= 15 is 0 Å². The second kappa shape index (κ2) is 9.97. The number of thiazole rings is 1. The number of esters is 1. The highest BCUT2D eigenvalue weighted by Gasteiger charge is 2.33. The first-order chi connectivity index (χ1) is 17.4. The van der Waals surface area contributed by atoms with E-state index in [0.29, 0.717) is 37.1 Å². The van der Waals surface area contributed by atoms with Gasteiger partial charge in [-0.3, -0.25) is 9.36 Å². The van der Waals surface area contributed by atoms with Crippen LogP contribution in [0.15, 0.2) is 91.0 Å². The Morgan fingerprint density at radius 2 is 1.92 bits per heavy atom. The molecule has 0 saturated carbocycles. The zero-order chi connectivity index (χ0) is 25.4. The third-order valence-corrected chi connectivity index (χ3v) is 7.95. The summed E-state index contributed by atoms with van der Waals surface area (Å²) >= 11 is 9.17. The molecule has 9 heteroatoms. The fourth-order valence-electron chi connectivity index (χ4n) is 4.16. The summed E-state index contributed by atoms with van der Waals surface area (Å²) < 4.78 is 13.0. The predicted octanol–water partition coefficient (Wildman–Crippen LogP) is 5.04. The van der Waals surface area contributed by atoms with E-state index in [1.165, 1.54) is 18.4 Å². The Kier molecular flexibility index (Phi) is 6.75. The molecule has 0 saturated heterocycles. The minimum atomic E-state index is -0.651. The van der Waals surface area contributed by atoms with Crippen LogP contribution in [-0.4, -0.2) is 23.9 Å². The lowest BCUT2D eigenvalue weighted by Gasteiger charge is -2.24. The van der Waals surface area contributed by atoms with Gasteiger partial charge >= 0.3 is 5.97 Å². The molecule has 5 rings (SSSR count). The van der Waals surface area contributed by atoms with Gasteiger partial charge in [-0.2, -0.15) is 0 Å². The number of rotatable bonds is 5. The van der Waals surface area contributed by atoms with Crippen molar-refractivity contribution in [2.24, 2.45) is 4.99 Å². The number of carbonyl (C=O) groups is 1. The van der Waals surface area contributed by atoms with Crippen LogP contribution < -0.4 is 14.9 Å². The molecule has 0 amide bonds. The van der Waals surface area contributed by atoms with Gasteiger partial charge in [0, 0.05) is 16.5 Å². The second-order valence-corrected chi connectivity index (χ2v) is 10.3. The minimum absolute atomic E-state index is 0.262. The van der Waals surface area contributed by atoms with E-state index in [4.69, 9.17) is 20.8 Å². The van der Waals surface area contributed by atoms with Crippen molar-refractivity contribution in [3.63, 3.8) is 0 Å². The zero-order valence-electron chi connectivity index (χ0n) is 19.7. The normalized spacial score (nSPS) is 15.6. The molecule has 0 unspecified atom stereocenters. The Morgan fingerprint density at radius 1 is 1.17 bits per heavy atom. The van der Waals surface area contributed by atoms with E-state index in [-0.39, 0.29) is 5.56 Å². The Bertz CT molecular complexity index is 1680. The zero-order valence-corrected chi connectivity index (χ0v) is 22.0. The molecule has 2 aromatic heterocycles. The van der Waals surface area contributed by atoms with Gasteiger partial charge in [0.2, 0.25) is 0 Å². The Labute approximate surface area is 220 Å². The maximum absolute atomic E-state index is 13.7. The van der Waals surface area contributed by atoms with Gasteiger partial charge in [-0.15, -0.1) is 11.8 Å². The number of benzene rings is 2. The van der Waals surface area contributed by atoms with Gasteiger partial charge in [0.25, 0.3) is 5.56 Å². The fraction of sp³-hybridized carbons (Fsp3) is 0.148. The third-order valence-electron chi connectivity index (χ3n) is 5.90. The molecule has 1 aliphatic heterocycles. The van der Waals surface area contributed by atoms with Crippen LogP contribution in [0.4, 0.5) is 0 Å². The molecule has 0 aliphatic carbocycles. The number of hydrogen-bond donors (Lipinski definition) is 0. The molecular formula is C27H21ClN2O4S2. The maximum Gasteiger partial charge on any atom is 0.338 e. The molecular weight excluding hydrogens is 516 g/mol. The van der Waals surface area contributed by atoms with Crippen LogP contribution in [0.25, 0.3) is 17.4 Å². The molecule has 0 spiro atoms. The van der Waals surface area contributed by atoms with E-state index in [0.717, 1.165) is 16.0 Å². The van der Waals surface area contributed by atoms with E-state index in [1.807, 2.05) is 54.8 Å². The number of halogens is 1. The summed E-state index contributed by atoms with van der Waals surface area (Å²) in [4.78, 5) is 32.6. The summed E-state index contributed by atoms with van der Waals surface area (Å²) in [5.74, 6) is 0.607. The predicted molar refractivity (Wildman–Crippen MR) is 143 cm³/mol. The molecule has 6 nitrogen and oxygen atoms in total. The van der Waals surface area contributed by atoms with Crippen LogP contribution in [-0.2, 0) is 9.53 Å². The molecule has 182 valence electrons. The second-order valence-electron chi connectivity index (χ2n) is 8.03. The van der Waals surface area contributed by atoms with Gasteiger partial charge in [-0.1, -0.05) is 47.2 Å². The number of allylic oxidation sites excluding steroid dienone is 1. The molecule has 3 heterocycles. The van der Waals surface area contributed by atoms with Crippen LogP contribution >= 0.6 is 34.7 Å². The number of ether oxygens (including phenoxy) is 1. The standard InChI is InChI=1S/C27H21ClN2O4S2/c1-15-23(26(32)33-2)24(16-8-11-18(35-3)12-9-16)30-25(31)22(36-27(30)29-15)14-17-10-13-21(34-17)19-6-4-5-7-20(19)28/h4-14,24H,1-3H3/b22-14-/t24-/m0/s1. The topological polar surface area (TPSA) is 73.8 Å². The van der Waals surface area contributed by atoms with Crippen molar-refractivity contribution in [3.05, 3.63) is 108 Å². The minimum Gasteiger partial charge on any atom is -0.466 e. The molecule has 0 N–H and O–H groups in total. The number of fused-ring (bicyclic) bond motifs is 1. The number of methoxy groups -OCH3 is 1. The lowest BCUT2D eigenvalue weighted by atomic mass is 9.96. The number of aromatic nitrogens is 1. The molecule has 4 aromatic rings. The van der Waals surface area contributed by atoms with E-state index in [2.05, 4.69) is 4.99 Å². The molecule has 1 aliphatic rings. The largest absolute Gasteiger partial charge is 0.466 e. The monoisotopic (exact) mass is 536 g/mol. The summed E-state index contributed by atoms with van der Waals surface area (Å²) in [5.41, 5.74) is 2.17. The van der Waals surface area contributed by atoms with Gasteiger partial charge < -0.3 is 9.15 Å². The first-order valence-electron chi connectivity index (χ1n) is 11.0. The highest BCUT2D eigenvalue weighted by atomic mass is 35.5. The van der Waals surface area contributed by atoms with Crippen LogP contribution in [0.3, 0.4) is 0 Å². The van der Waals surface area contributed by atoms with Gasteiger partial charge in [0.05, 0.1) is 34.0 Å². The van der Waals surface area contributed by atoms with Gasteiger partial charge in [-0.25, -0.2) is 9.79 Å². The Morgan fingerprint density at radius 3 is 2.61 bits per heavy atom. The van der Waals surface area contributed by atoms with E-state index in [9.17, 15) is 9.59 Å². The van der Waals surface area contributed by atoms with Crippen molar-refractivity contribution >= 4 is 46.7 Å². The molecule has 36 heavy (non-hydrogen) atoms. The summed E-state index contributed by atoms with van der Waals surface area (Å²) in [6, 6.07) is 18.2. The fourth-order valence-corrected chi connectivity index (χ4v) is 5.82. The van der Waals surface area contributed by atoms with E-state index in [1.54, 1.807) is 41.5 Å². The molecule has 0 fully saturated rings. The number of thioether (sulfide) groups is 1. The molecule has 1 atom stereocenters. The van der Waals surface area contributed by atoms with E-state index < -0.39 is 12.0 Å². The third kappa shape index (κ3) is 4.36. The van der Waals surface area contributed by atoms with Crippen molar-refractivity contribution < 1.29 is 13.9 Å². The van der Waals surface area contributed by atoms with Gasteiger partial charge in [0.15, 0.2) is 4.80 Å². The summed E-state index contributed by atoms with van der Waals surface area (Å²) in [7, 11) is 1.33. The first-order valence-corrected chi connectivity index (χ1v) is 13.4. The Balaban J connectivity index is 1.65. The molecule has 0 bridgehead atoms. The highest BCUT2D eigenvalue weighted by molar-refractivity contribution is 7.98. The van der Waals surface area contributed by atoms with Crippen molar-refractivity contribution in [1.82, 2.24) is 4.57 Å². The quantitative estimate of drug-likeness (QED) is 0.264. The average molecular weight is 537 g/mol. The van der Waals surface area contributed by atoms with Gasteiger partial charge in [0.1, 0.15) is 11.5 Å². The van der Waals surface area contributed by atoms with Crippen LogP contribution in [0.1, 0.15) is 24.3 Å². The maximum atomic E-state index is 13.7. The van der Waals surface area contributed by atoms with Crippen LogP contribution in [0.2, 0.25) is 5.02 Å². The van der Waals surface area contributed by atoms with Crippen LogP contribution in [0.5, 0.6) is 0 Å². The molecule has 0 radical (unpaired) electrons. The highest BCUT2D eigenvalue weighted by Crippen LogP contribution is 2.32. The number of hydrogen-bond acceptors (Lipinski definition) is 7. The summed E-state index contributed by atoms with van der Waals surface area (Å²) in [6.45, 7) is 1.76. The van der Waals surface area contributed by atoms with Crippen LogP contribution in [0, 0.1) is 0 Å². The number of furan rings is 1. The van der Waals surface area contributed by atoms with Crippen molar-refractivity contribution in [2.75, 3.05) is 13.4 Å². The first kappa shape index (κ1) is 24.4. The summed E-state index contributed by atoms with van der Waals surface area (Å²) in [5, 5.41) is 0.580. The SMILES string of the molecule is COC(=O)C1=C(C)N=c2s/c(=C\c3ccc(-c4ccccc4Cl)o3)c(=O)n2[C@H]1c1ccc(SC)cc1. The molecule has 2 aromatic carbocycles. The smallest absolute Gasteiger partial charge is 0.338 e. The lowest BCUT2D eigenvalue weighted by molar-refractivity contribution is -0.136. The number of nitrogens with zero attached hydrogens (tertiary/aromatic N) is 2. The van der Waals surface area contributed by atoms with Crippen molar-refractivity contribution in [1.29, 1.82) is 0 Å². The van der Waals surface area contributed by atoms with Crippen molar-refractivity contribution in [3.8, 4) is 11.3 Å². The van der Waals surface area contributed by atoms with Crippen molar-refractivity contribution in [2.45, 2.75) is 17.9 Å².